The second kappa shape index (κ2) is 7.14. The van der Waals surface area contributed by atoms with E-state index < -0.39 is 12.1 Å². The fourth-order valence-corrected chi connectivity index (χ4v) is 0.822. The third-order valence-corrected chi connectivity index (χ3v) is 1.80. The van der Waals surface area contributed by atoms with Gasteiger partial charge in [0.25, 0.3) is 0 Å². The molecule has 0 aliphatic heterocycles. The molecular formula is C9H20O5. The van der Waals surface area contributed by atoms with Crippen LogP contribution in [0.4, 0.5) is 0 Å². The quantitative estimate of drug-likeness (QED) is 0.381. The first kappa shape index (κ1) is 13.8. The molecule has 5 nitrogen and oxygen atoms in total. The highest BCUT2D eigenvalue weighted by molar-refractivity contribution is 4.61. The fraction of sp³-hybridized carbons (Fsp3) is 1.00. The van der Waals surface area contributed by atoms with E-state index in [0.29, 0.717) is 0 Å². The molecule has 0 rings (SSSR count). The minimum absolute atomic E-state index is 0.0567. The third-order valence-electron chi connectivity index (χ3n) is 1.80. The van der Waals surface area contributed by atoms with E-state index in [9.17, 15) is 10.2 Å². The predicted molar refractivity (Wildman–Crippen MR) is 50.5 cm³/mol. The highest BCUT2D eigenvalue weighted by Crippen LogP contribution is 2.12. The Bertz CT molecular complexity index is 137. The maximum atomic E-state index is 9.36. The molecule has 0 aromatic carbocycles. The lowest BCUT2D eigenvalue weighted by Gasteiger charge is -2.27. The van der Waals surface area contributed by atoms with E-state index >= 15 is 0 Å². The normalized spacial score (nSPS) is 14.4. The molecule has 0 aliphatic carbocycles. The first-order chi connectivity index (χ1) is 6.54. The fourth-order valence-electron chi connectivity index (χ4n) is 0.822. The molecule has 1 atom stereocenters. The number of rotatable bonds is 8. The molecule has 0 heterocycles. The van der Waals surface area contributed by atoms with Gasteiger partial charge in [0, 0.05) is 0 Å². The summed E-state index contributed by atoms with van der Waals surface area (Å²) in [5, 5.41) is 27.2. The lowest BCUT2D eigenvalue weighted by Crippen LogP contribution is -2.45. The second-order valence-electron chi connectivity index (χ2n) is 3.10. The first-order valence-electron chi connectivity index (χ1n) is 4.85. The van der Waals surface area contributed by atoms with E-state index in [-0.39, 0.29) is 19.8 Å². The predicted octanol–water partition coefficient (Wildman–Crippen LogP) is -0.161. The molecule has 0 aromatic heterocycles. The molecule has 0 fully saturated rings. The highest BCUT2D eigenvalue weighted by Gasteiger charge is 2.33. The van der Waals surface area contributed by atoms with Crippen molar-refractivity contribution in [3.8, 4) is 0 Å². The minimum Gasteiger partial charge on any atom is -0.394 e. The molecule has 0 spiro atoms. The van der Waals surface area contributed by atoms with E-state index in [4.69, 9.17) is 14.6 Å². The van der Waals surface area contributed by atoms with Gasteiger partial charge >= 0.3 is 5.97 Å². The van der Waals surface area contributed by atoms with E-state index in [2.05, 4.69) is 0 Å². The number of hydrogen-bond donors (Lipinski definition) is 3. The van der Waals surface area contributed by atoms with Crippen LogP contribution < -0.4 is 0 Å². The number of aliphatic hydroxyl groups excluding tert-OH is 1. The Morgan fingerprint density at radius 3 is 2.43 bits per heavy atom. The third kappa shape index (κ3) is 5.51. The van der Waals surface area contributed by atoms with Crippen molar-refractivity contribution in [3.63, 3.8) is 0 Å². The largest absolute Gasteiger partial charge is 0.394 e. The average Bonchev–Trinajstić information content (AvgIpc) is 2.14. The first-order valence-corrected chi connectivity index (χ1v) is 4.85. The van der Waals surface area contributed by atoms with Gasteiger partial charge in [-0.25, -0.2) is 0 Å². The van der Waals surface area contributed by atoms with Gasteiger partial charge in [-0.3, -0.25) is 0 Å². The Labute approximate surface area is 84.3 Å². The Morgan fingerprint density at radius 2 is 1.93 bits per heavy atom. The highest BCUT2D eigenvalue weighted by atomic mass is 16.8. The van der Waals surface area contributed by atoms with Crippen LogP contribution in [0.1, 0.15) is 26.7 Å². The lowest BCUT2D eigenvalue weighted by atomic mass is 10.3. The molecule has 86 valence electrons. The van der Waals surface area contributed by atoms with Crippen LogP contribution in [0.25, 0.3) is 0 Å². The molecule has 0 aromatic rings. The lowest BCUT2D eigenvalue weighted by molar-refractivity contribution is -0.379. The molecule has 14 heavy (non-hydrogen) atoms. The summed E-state index contributed by atoms with van der Waals surface area (Å²) in [4.78, 5) is 0. The second-order valence-corrected chi connectivity index (χ2v) is 3.10. The van der Waals surface area contributed by atoms with Crippen molar-refractivity contribution in [1.82, 2.24) is 0 Å². The summed E-state index contributed by atoms with van der Waals surface area (Å²) in [5.41, 5.74) is 0. The number of ether oxygens (including phenoxy) is 2. The van der Waals surface area contributed by atoms with Crippen molar-refractivity contribution in [2.75, 3.05) is 19.8 Å². The summed E-state index contributed by atoms with van der Waals surface area (Å²) in [6.07, 6.45) is 0.795. The van der Waals surface area contributed by atoms with Crippen LogP contribution >= 0.6 is 0 Å². The zero-order valence-corrected chi connectivity index (χ0v) is 8.77. The monoisotopic (exact) mass is 208 g/mol. The van der Waals surface area contributed by atoms with Gasteiger partial charge in [-0.2, -0.15) is 0 Å². The Hall–Kier alpha value is -0.200. The van der Waals surface area contributed by atoms with Crippen molar-refractivity contribution in [3.05, 3.63) is 0 Å². The zero-order chi connectivity index (χ0) is 11.0. The molecule has 5 heteroatoms. The van der Waals surface area contributed by atoms with Crippen LogP contribution in [0.2, 0.25) is 0 Å². The molecule has 0 amide bonds. The Balaban J connectivity index is 3.77. The minimum atomic E-state index is -2.27. The van der Waals surface area contributed by atoms with Crippen LogP contribution in [0.3, 0.4) is 0 Å². The van der Waals surface area contributed by atoms with Crippen molar-refractivity contribution in [2.24, 2.45) is 0 Å². The van der Waals surface area contributed by atoms with Crippen LogP contribution in [0.15, 0.2) is 0 Å². The summed E-state index contributed by atoms with van der Waals surface area (Å²) in [6.45, 7) is 3.62. The van der Waals surface area contributed by atoms with Crippen molar-refractivity contribution in [2.45, 2.75) is 38.8 Å². The summed E-state index contributed by atoms with van der Waals surface area (Å²) in [5.74, 6) is -2.27. The van der Waals surface area contributed by atoms with Crippen LogP contribution in [-0.2, 0) is 9.47 Å². The van der Waals surface area contributed by atoms with Crippen LogP contribution in [0.5, 0.6) is 0 Å². The average molecular weight is 208 g/mol. The Morgan fingerprint density at radius 1 is 1.29 bits per heavy atom. The molecule has 0 aliphatic rings. The molecule has 0 saturated heterocycles. The molecule has 0 radical (unpaired) electrons. The van der Waals surface area contributed by atoms with Gasteiger partial charge in [0.15, 0.2) is 0 Å². The molecule has 3 N–H and O–H groups in total. The van der Waals surface area contributed by atoms with Gasteiger partial charge < -0.3 is 24.8 Å². The smallest absolute Gasteiger partial charge is 0.305 e. The summed E-state index contributed by atoms with van der Waals surface area (Å²) >= 11 is 0. The topological polar surface area (TPSA) is 79.2 Å². The van der Waals surface area contributed by atoms with Gasteiger partial charge in [0.05, 0.1) is 19.8 Å². The standard InChI is InChI=1S/C9H20O5/c1-3-4-6-14-9(11,12)8(2)13-7-5-10/h8,10-12H,3-7H2,1-2H3. The number of unbranched alkanes of at least 4 members (excludes halogenated alkanes) is 1. The van der Waals surface area contributed by atoms with E-state index in [0.717, 1.165) is 12.8 Å². The summed E-state index contributed by atoms with van der Waals surface area (Å²) in [7, 11) is 0. The molecule has 0 saturated carbocycles. The van der Waals surface area contributed by atoms with Crippen molar-refractivity contribution < 1.29 is 24.8 Å². The van der Waals surface area contributed by atoms with Gasteiger partial charge in [-0.05, 0) is 13.3 Å². The maximum absolute atomic E-state index is 9.36. The summed E-state index contributed by atoms with van der Waals surface area (Å²) in [6, 6.07) is 0. The SMILES string of the molecule is CCCCOC(O)(O)C(C)OCCO. The van der Waals surface area contributed by atoms with Crippen molar-refractivity contribution in [1.29, 1.82) is 0 Å². The van der Waals surface area contributed by atoms with Crippen LogP contribution in [-0.4, -0.2) is 47.2 Å². The molecular weight excluding hydrogens is 188 g/mol. The molecule has 0 bridgehead atoms. The van der Waals surface area contributed by atoms with Gasteiger partial charge in [0.2, 0.25) is 0 Å². The summed E-state index contributed by atoms with van der Waals surface area (Å²) < 4.78 is 9.74. The number of aliphatic hydroxyl groups is 3. The zero-order valence-electron chi connectivity index (χ0n) is 8.77. The van der Waals surface area contributed by atoms with Crippen LogP contribution in [0, 0.1) is 0 Å². The van der Waals surface area contributed by atoms with E-state index in [1.807, 2.05) is 6.92 Å². The van der Waals surface area contributed by atoms with E-state index in [1.54, 1.807) is 0 Å². The maximum Gasteiger partial charge on any atom is 0.305 e. The number of hydrogen-bond acceptors (Lipinski definition) is 5. The van der Waals surface area contributed by atoms with Gasteiger partial charge in [-0.1, -0.05) is 13.3 Å². The molecule has 1 unspecified atom stereocenters. The van der Waals surface area contributed by atoms with Gasteiger partial charge in [0.1, 0.15) is 6.10 Å². The van der Waals surface area contributed by atoms with Gasteiger partial charge in [-0.15, -0.1) is 0 Å². The van der Waals surface area contributed by atoms with Crippen molar-refractivity contribution >= 4 is 0 Å². The van der Waals surface area contributed by atoms with E-state index in [1.165, 1.54) is 6.92 Å². The Kier molecular flexibility index (Phi) is 7.04.